The maximum atomic E-state index is 12.5. The molecule has 28 heavy (non-hydrogen) atoms. The summed E-state index contributed by atoms with van der Waals surface area (Å²) < 4.78 is 2.09. The Morgan fingerprint density at radius 1 is 1.11 bits per heavy atom. The highest BCUT2D eigenvalue weighted by Crippen LogP contribution is 2.30. The van der Waals surface area contributed by atoms with E-state index in [1.807, 2.05) is 30.5 Å². The average Bonchev–Trinajstić information content (AvgIpc) is 3.13. The van der Waals surface area contributed by atoms with Crippen LogP contribution in [0.15, 0.2) is 71.8 Å². The summed E-state index contributed by atoms with van der Waals surface area (Å²) in [5.41, 5.74) is 3.70. The summed E-state index contributed by atoms with van der Waals surface area (Å²) in [6.07, 6.45) is 5.57. The first-order valence-electron chi connectivity index (χ1n) is 9.85. The number of nitrogens with one attached hydrogen (secondary N) is 1. The molecule has 2 aromatic carbocycles. The quantitative estimate of drug-likeness (QED) is 0.599. The number of carbonyl (C=O) groups is 1. The Kier molecular flexibility index (Phi) is 6.12. The summed E-state index contributed by atoms with van der Waals surface area (Å²) in [6.45, 7) is 0.782. The number of rotatable bonds is 7. The lowest BCUT2D eigenvalue weighted by molar-refractivity contribution is -0.121. The van der Waals surface area contributed by atoms with E-state index in [-0.39, 0.29) is 11.9 Å². The van der Waals surface area contributed by atoms with Crippen LogP contribution in [0.1, 0.15) is 42.1 Å². The van der Waals surface area contributed by atoms with Crippen molar-refractivity contribution >= 4 is 17.7 Å². The molecule has 0 radical (unpaired) electrons. The predicted octanol–water partition coefficient (Wildman–Crippen LogP) is 4.61. The molecule has 4 nitrogen and oxygen atoms in total. The molecule has 0 bridgehead atoms. The van der Waals surface area contributed by atoms with Crippen LogP contribution in [0, 0.1) is 0 Å². The minimum absolute atomic E-state index is 0.0856. The smallest absolute Gasteiger partial charge is 0.221 e. The molecule has 4 rings (SSSR count). The lowest BCUT2D eigenvalue weighted by atomic mass is 9.93. The molecule has 1 aliphatic rings. The molecule has 1 aromatic heterocycles. The van der Waals surface area contributed by atoms with Gasteiger partial charge in [-0.1, -0.05) is 48.5 Å². The third kappa shape index (κ3) is 4.65. The largest absolute Gasteiger partial charge is 0.349 e. The maximum absolute atomic E-state index is 12.5. The van der Waals surface area contributed by atoms with E-state index >= 15 is 0 Å². The van der Waals surface area contributed by atoms with Crippen molar-refractivity contribution in [1.82, 2.24) is 15.1 Å². The Morgan fingerprint density at radius 3 is 2.64 bits per heavy atom. The highest BCUT2D eigenvalue weighted by Gasteiger charge is 2.25. The number of hydrogen-bond acceptors (Lipinski definition) is 3. The molecule has 1 aliphatic carbocycles. The van der Waals surface area contributed by atoms with Gasteiger partial charge in [-0.2, -0.15) is 5.10 Å². The molecule has 1 unspecified atom stereocenters. The van der Waals surface area contributed by atoms with Gasteiger partial charge in [-0.25, -0.2) is 0 Å². The van der Waals surface area contributed by atoms with Gasteiger partial charge in [0.15, 0.2) is 0 Å². The number of nitrogens with zero attached hydrogens (tertiary/aromatic N) is 2. The van der Waals surface area contributed by atoms with E-state index in [1.165, 1.54) is 21.7 Å². The van der Waals surface area contributed by atoms with Crippen LogP contribution in [-0.2, 0) is 17.8 Å². The van der Waals surface area contributed by atoms with Gasteiger partial charge < -0.3 is 5.32 Å². The topological polar surface area (TPSA) is 46.9 Å². The summed E-state index contributed by atoms with van der Waals surface area (Å²) >= 11 is 1.72. The number of thioether (sulfide) groups is 1. The average molecular weight is 392 g/mol. The van der Waals surface area contributed by atoms with Gasteiger partial charge in [-0.05, 0) is 37.0 Å². The number of amides is 1. The first-order chi connectivity index (χ1) is 13.8. The van der Waals surface area contributed by atoms with Crippen LogP contribution in [-0.4, -0.2) is 21.4 Å². The van der Waals surface area contributed by atoms with E-state index in [2.05, 4.69) is 51.5 Å². The fourth-order valence-electron chi connectivity index (χ4n) is 3.71. The fourth-order valence-corrected chi connectivity index (χ4v) is 4.58. The summed E-state index contributed by atoms with van der Waals surface area (Å²) in [7, 11) is 0. The molecule has 0 saturated carbocycles. The van der Waals surface area contributed by atoms with E-state index in [0.717, 1.165) is 31.6 Å². The van der Waals surface area contributed by atoms with E-state index < -0.39 is 0 Å². The predicted molar refractivity (Wildman–Crippen MR) is 113 cm³/mol. The molecule has 1 N–H and O–H groups in total. The summed E-state index contributed by atoms with van der Waals surface area (Å²) in [5, 5.41) is 7.85. The van der Waals surface area contributed by atoms with Crippen LogP contribution < -0.4 is 5.32 Å². The number of hydrogen-bond donors (Lipinski definition) is 1. The van der Waals surface area contributed by atoms with E-state index in [9.17, 15) is 4.79 Å². The lowest BCUT2D eigenvalue weighted by Gasteiger charge is -2.24. The number of carbonyl (C=O) groups excluding carboxylic acids is 1. The van der Waals surface area contributed by atoms with E-state index in [4.69, 9.17) is 0 Å². The second-order valence-electron chi connectivity index (χ2n) is 7.11. The van der Waals surface area contributed by atoms with Crippen molar-refractivity contribution in [2.24, 2.45) is 0 Å². The van der Waals surface area contributed by atoms with E-state index in [1.54, 1.807) is 11.8 Å². The number of aromatic nitrogens is 2. The molecular weight excluding hydrogens is 366 g/mol. The monoisotopic (exact) mass is 391 g/mol. The van der Waals surface area contributed by atoms with Gasteiger partial charge in [0.1, 0.15) is 0 Å². The highest BCUT2D eigenvalue weighted by atomic mass is 32.2. The van der Waals surface area contributed by atoms with Crippen LogP contribution in [0.25, 0.3) is 0 Å². The first kappa shape index (κ1) is 18.8. The van der Waals surface area contributed by atoms with Gasteiger partial charge in [-0.15, -0.1) is 11.8 Å². The van der Waals surface area contributed by atoms with E-state index in [0.29, 0.717) is 6.42 Å². The van der Waals surface area contributed by atoms with Gasteiger partial charge in [0.05, 0.1) is 18.8 Å². The van der Waals surface area contributed by atoms with Gasteiger partial charge in [0.25, 0.3) is 0 Å². The summed E-state index contributed by atoms with van der Waals surface area (Å²) in [5.74, 6) is 0.917. The lowest BCUT2D eigenvalue weighted by Crippen LogP contribution is -2.31. The van der Waals surface area contributed by atoms with Crippen molar-refractivity contribution in [3.63, 3.8) is 0 Å². The molecule has 0 saturated heterocycles. The Hall–Kier alpha value is -2.53. The molecule has 3 aromatic rings. The van der Waals surface area contributed by atoms with Gasteiger partial charge in [-0.3, -0.25) is 9.48 Å². The molecule has 0 aliphatic heterocycles. The molecule has 1 amide bonds. The zero-order valence-electron chi connectivity index (χ0n) is 15.9. The summed E-state index contributed by atoms with van der Waals surface area (Å²) in [4.78, 5) is 13.7. The standard InChI is InChI=1S/C23H25N3OS/c27-23(14-15-28-19-10-5-2-6-11-19)25-21-12-7-13-22-20(21)16-24-26(22)17-18-8-3-1-4-9-18/h1-6,8-11,16,21H,7,12-15,17H2,(H,25,27). The highest BCUT2D eigenvalue weighted by molar-refractivity contribution is 7.99. The van der Waals surface area contributed by atoms with Crippen LogP contribution in [0.3, 0.4) is 0 Å². The third-order valence-corrected chi connectivity index (χ3v) is 6.13. The van der Waals surface area contributed by atoms with Crippen molar-refractivity contribution < 1.29 is 4.79 Å². The molecule has 5 heteroatoms. The zero-order valence-corrected chi connectivity index (χ0v) is 16.7. The van der Waals surface area contributed by atoms with Gasteiger partial charge >= 0.3 is 0 Å². The number of fused-ring (bicyclic) bond motifs is 1. The van der Waals surface area contributed by atoms with Crippen LogP contribution in [0.5, 0.6) is 0 Å². The molecular formula is C23H25N3OS. The Morgan fingerprint density at radius 2 is 1.86 bits per heavy atom. The van der Waals surface area contributed by atoms with Crippen molar-refractivity contribution in [3.05, 3.63) is 83.7 Å². The summed E-state index contributed by atoms with van der Waals surface area (Å²) in [6, 6.07) is 20.7. The molecule has 1 heterocycles. The minimum atomic E-state index is 0.0856. The van der Waals surface area contributed by atoms with Crippen molar-refractivity contribution in [1.29, 1.82) is 0 Å². The number of benzene rings is 2. The second-order valence-corrected chi connectivity index (χ2v) is 8.28. The van der Waals surface area contributed by atoms with Crippen molar-refractivity contribution in [2.45, 2.75) is 43.2 Å². The van der Waals surface area contributed by atoms with Gasteiger partial charge in [0, 0.05) is 28.3 Å². The van der Waals surface area contributed by atoms with Crippen LogP contribution >= 0.6 is 11.8 Å². The molecule has 1 atom stereocenters. The van der Waals surface area contributed by atoms with Crippen LogP contribution in [0.4, 0.5) is 0 Å². The van der Waals surface area contributed by atoms with Gasteiger partial charge in [0.2, 0.25) is 5.91 Å². The zero-order chi connectivity index (χ0) is 19.2. The van der Waals surface area contributed by atoms with Crippen molar-refractivity contribution in [2.75, 3.05) is 5.75 Å². The Labute approximate surface area is 170 Å². The molecule has 0 fully saturated rings. The Bertz CT molecular complexity index is 908. The van der Waals surface area contributed by atoms with Crippen LogP contribution in [0.2, 0.25) is 0 Å². The van der Waals surface area contributed by atoms with Crippen molar-refractivity contribution in [3.8, 4) is 0 Å². The SMILES string of the molecule is O=C(CCSc1ccccc1)NC1CCCc2c1cnn2Cc1ccccc1. The minimum Gasteiger partial charge on any atom is -0.349 e. The maximum Gasteiger partial charge on any atom is 0.221 e. The Balaban J connectivity index is 1.35. The normalized spacial score (nSPS) is 15.8. The first-order valence-corrected chi connectivity index (χ1v) is 10.8. The molecule has 144 valence electrons. The third-order valence-electron chi connectivity index (χ3n) is 5.11. The second kappa shape index (κ2) is 9.11. The molecule has 0 spiro atoms. The fraction of sp³-hybridized carbons (Fsp3) is 0.304.